The smallest absolute Gasteiger partial charge is 0.254 e. The quantitative estimate of drug-likeness (QED) is 0.928. The van der Waals surface area contributed by atoms with Crippen molar-refractivity contribution in [1.82, 2.24) is 15.1 Å². The van der Waals surface area contributed by atoms with E-state index in [9.17, 15) is 9.59 Å². The molecule has 5 heteroatoms. The van der Waals surface area contributed by atoms with Crippen LogP contribution in [0.15, 0.2) is 42.5 Å². The van der Waals surface area contributed by atoms with Gasteiger partial charge in [0.25, 0.3) is 5.91 Å². The van der Waals surface area contributed by atoms with Gasteiger partial charge in [0.2, 0.25) is 5.91 Å². The number of carbonyl (C=O) groups is 2. The molecule has 2 aromatic rings. The second-order valence-electron chi connectivity index (χ2n) is 6.82. The first-order valence-corrected chi connectivity index (χ1v) is 8.83. The Kier molecular flexibility index (Phi) is 5.34. The Hall–Kier alpha value is -2.40. The van der Waals surface area contributed by atoms with E-state index in [1.54, 1.807) is 0 Å². The van der Waals surface area contributed by atoms with Crippen LogP contribution in [0, 0.1) is 0 Å². The number of nitrogens with one attached hydrogen (secondary N) is 1. The summed E-state index contributed by atoms with van der Waals surface area (Å²) in [7, 11) is 0. The third-order valence-electron chi connectivity index (χ3n) is 4.50. The van der Waals surface area contributed by atoms with Crippen LogP contribution >= 0.6 is 0 Å². The van der Waals surface area contributed by atoms with Gasteiger partial charge in [0.1, 0.15) is 0 Å². The van der Waals surface area contributed by atoms with Gasteiger partial charge in [0.15, 0.2) is 0 Å². The van der Waals surface area contributed by atoms with Crippen molar-refractivity contribution >= 4 is 22.6 Å². The molecule has 0 radical (unpaired) electrons. The molecule has 0 spiro atoms. The van der Waals surface area contributed by atoms with Crippen molar-refractivity contribution in [2.24, 2.45) is 0 Å². The van der Waals surface area contributed by atoms with Crippen molar-refractivity contribution in [3.8, 4) is 0 Å². The fraction of sp³-hybridized carbons (Fsp3) is 0.400. The molecular formula is C20H25N3O2. The van der Waals surface area contributed by atoms with Gasteiger partial charge in [-0.05, 0) is 30.7 Å². The van der Waals surface area contributed by atoms with E-state index in [2.05, 4.69) is 10.2 Å². The normalized spacial score (nSPS) is 15.6. The Balaban J connectivity index is 1.63. The zero-order valence-electron chi connectivity index (χ0n) is 14.9. The van der Waals surface area contributed by atoms with Gasteiger partial charge < -0.3 is 10.2 Å². The SMILES string of the molecule is CC(C)NC(=O)CN1CCN(C(=O)c2cccc3ccccc23)CC1. The average molecular weight is 339 g/mol. The van der Waals surface area contributed by atoms with Crippen molar-refractivity contribution in [3.05, 3.63) is 48.0 Å². The number of fused-ring (bicyclic) bond motifs is 1. The third-order valence-corrected chi connectivity index (χ3v) is 4.50. The van der Waals surface area contributed by atoms with Gasteiger partial charge in [-0.3, -0.25) is 14.5 Å². The molecule has 0 unspecified atom stereocenters. The predicted octanol–water partition coefficient (Wildman–Crippen LogP) is 2.12. The molecule has 25 heavy (non-hydrogen) atoms. The number of carbonyl (C=O) groups excluding carboxylic acids is 2. The molecule has 1 saturated heterocycles. The molecule has 2 aromatic carbocycles. The number of amides is 2. The fourth-order valence-corrected chi connectivity index (χ4v) is 3.26. The molecule has 1 aliphatic heterocycles. The fourth-order valence-electron chi connectivity index (χ4n) is 3.26. The van der Waals surface area contributed by atoms with Crippen LogP contribution in [0.25, 0.3) is 10.8 Å². The predicted molar refractivity (Wildman–Crippen MR) is 99.6 cm³/mol. The molecule has 1 N–H and O–H groups in total. The van der Waals surface area contributed by atoms with Gasteiger partial charge in [0.05, 0.1) is 6.54 Å². The maximum absolute atomic E-state index is 12.9. The summed E-state index contributed by atoms with van der Waals surface area (Å²) in [4.78, 5) is 28.8. The van der Waals surface area contributed by atoms with Gasteiger partial charge in [0, 0.05) is 37.8 Å². The lowest BCUT2D eigenvalue weighted by molar-refractivity contribution is -0.123. The highest BCUT2D eigenvalue weighted by Crippen LogP contribution is 2.20. The van der Waals surface area contributed by atoms with E-state index in [-0.39, 0.29) is 17.9 Å². The zero-order chi connectivity index (χ0) is 17.8. The van der Waals surface area contributed by atoms with Gasteiger partial charge in [-0.15, -0.1) is 0 Å². The summed E-state index contributed by atoms with van der Waals surface area (Å²) in [6.07, 6.45) is 0. The molecule has 132 valence electrons. The van der Waals surface area contributed by atoms with Crippen molar-refractivity contribution in [2.75, 3.05) is 32.7 Å². The van der Waals surface area contributed by atoms with Crippen LogP contribution in [0.1, 0.15) is 24.2 Å². The van der Waals surface area contributed by atoms with Crippen LogP contribution in [0.5, 0.6) is 0 Å². The van der Waals surface area contributed by atoms with Gasteiger partial charge in [-0.25, -0.2) is 0 Å². The highest BCUT2D eigenvalue weighted by Gasteiger charge is 2.24. The van der Waals surface area contributed by atoms with Crippen molar-refractivity contribution in [1.29, 1.82) is 0 Å². The van der Waals surface area contributed by atoms with E-state index in [1.807, 2.05) is 61.2 Å². The van der Waals surface area contributed by atoms with Gasteiger partial charge >= 0.3 is 0 Å². The lowest BCUT2D eigenvalue weighted by Crippen LogP contribution is -2.51. The third kappa shape index (κ3) is 4.17. The summed E-state index contributed by atoms with van der Waals surface area (Å²) >= 11 is 0. The molecule has 1 fully saturated rings. The zero-order valence-corrected chi connectivity index (χ0v) is 14.9. The van der Waals surface area contributed by atoms with E-state index in [1.165, 1.54) is 0 Å². The summed E-state index contributed by atoms with van der Waals surface area (Å²) in [5.74, 6) is 0.118. The first kappa shape index (κ1) is 17.4. The minimum absolute atomic E-state index is 0.0452. The largest absolute Gasteiger partial charge is 0.353 e. The number of hydrogen-bond acceptors (Lipinski definition) is 3. The van der Waals surface area contributed by atoms with Crippen molar-refractivity contribution in [2.45, 2.75) is 19.9 Å². The van der Waals surface area contributed by atoms with E-state index in [4.69, 9.17) is 0 Å². The van der Waals surface area contributed by atoms with Crippen LogP contribution in [0.2, 0.25) is 0 Å². The molecule has 2 amide bonds. The van der Waals surface area contributed by atoms with E-state index >= 15 is 0 Å². The minimum atomic E-state index is 0.0452. The number of piperazine rings is 1. The summed E-state index contributed by atoms with van der Waals surface area (Å²) in [5.41, 5.74) is 0.754. The molecule has 0 saturated carbocycles. The maximum Gasteiger partial charge on any atom is 0.254 e. The monoisotopic (exact) mass is 339 g/mol. The molecule has 3 rings (SSSR count). The molecular weight excluding hydrogens is 314 g/mol. The van der Waals surface area contributed by atoms with Gasteiger partial charge in [-0.1, -0.05) is 36.4 Å². The second-order valence-corrected chi connectivity index (χ2v) is 6.82. The highest BCUT2D eigenvalue weighted by atomic mass is 16.2. The highest BCUT2D eigenvalue weighted by molar-refractivity contribution is 6.07. The first-order chi connectivity index (χ1) is 12.0. The van der Waals surface area contributed by atoms with Crippen LogP contribution in [0.4, 0.5) is 0 Å². The van der Waals surface area contributed by atoms with Crippen LogP contribution < -0.4 is 5.32 Å². The molecule has 0 aromatic heterocycles. The van der Waals surface area contributed by atoms with Crippen LogP contribution in [0.3, 0.4) is 0 Å². The van der Waals surface area contributed by atoms with Gasteiger partial charge in [-0.2, -0.15) is 0 Å². The Morgan fingerprint density at radius 2 is 1.68 bits per heavy atom. The lowest BCUT2D eigenvalue weighted by Gasteiger charge is -2.34. The number of rotatable bonds is 4. The Bertz CT molecular complexity index is 759. The van der Waals surface area contributed by atoms with Crippen LogP contribution in [-0.2, 0) is 4.79 Å². The summed E-state index contributed by atoms with van der Waals surface area (Å²) < 4.78 is 0. The molecule has 1 heterocycles. The standard InChI is InChI=1S/C20H25N3O2/c1-15(2)21-19(24)14-22-10-12-23(13-11-22)20(25)18-9-5-7-16-6-3-4-8-17(16)18/h3-9,15H,10-14H2,1-2H3,(H,21,24). The van der Waals surface area contributed by atoms with Crippen molar-refractivity contribution in [3.63, 3.8) is 0 Å². The van der Waals surface area contributed by atoms with Crippen molar-refractivity contribution < 1.29 is 9.59 Å². The maximum atomic E-state index is 12.9. The summed E-state index contributed by atoms with van der Waals surface area (Å²) in [5, 5.41) is 4.98. The van der Waals surface area contributed by atoms with E-state index < -0.39 is 0 Å². The Labute approximate surface area is 148 Å². The molecule has 0 atom stereocenters. The number of benzene rings is 2. The number of nitrogens with zero attached hydrogens (tertiary/aromatic N) is 2. The Morgan fingerprint density at radius 3 is 2.40 bits per heavy atom. The first-order valence-electron chi connectivity index (χ1n) is 8.83. The molecule has 0 bridgehead atoms. The van der Waals surface area contributed by atoms with Crippen LogP contribution in [-0.4, -0.2) is 60.4 Å². The second kappa shape index (κ2) is 7.66. The lowest BCUT2D eigenvalue weighted by atomic mass is 10.0. The van der Waals surface area contributed by atoms with E-state index in [0.717, 1.165) is 29.4 Å². The molecule has 1 aliphatic rings. The topological polar surface area (TPSA) is 52.7 Å². The average Bonchev–Trinajstić information content (AvgIpc) is 2.60. The molecule has 5 nitrogen and oxygen atoms in total. The summed E-state index contributed by atoms with van der Waals surface area (Å²) in [6, 6.07) is 14.0. The minimum Gasteiger partial charge on any atom is -0.353 e. The molecule has 0 aliphatic carbocycles. The van der Waals surface area contributed by atoms with E-state index in [0.29, 0.717) is 19.6 Å². The number of hydrogen-bond donors (Lipinski definition) is 1. The Morgan fingerprint density at radius 1 is 1.00 bits per heavy atom. The summed E-state index contributed by atoms with van der Waals surface area (Å²) in [6.45, 7) is 7.06.